The first-order chi connectivity index (χ1) is 13.1. The van der Waals surface area contributed by atoms with Gasteiger partial charge in [-0.05, 0) is 12.8 Å². The third kappa shape index (κ3) is 4.84. The molecule has 1 aliphatic heterocycles. The fourth-order valence-corrected chi connectivity index (χ4v) is 3.82. The Labute approximate surface area is 160 Å². The Hall–Kier alpha value is -2.44. The number of ether oxygens (including phenoxy) is 2. The molecule has 148 valence electrons. The molecule has 1 aromatic rings. The molecule has 1 heterocycles. The molecular weight excluding hydrogens is 346 g/mol. The lowest BCUT2D eigenvalue weighted by molar-refractivity contribution is -0.138. The molecule has 7 nitrogen and oxygen atoms in total. The zero-order valence-electron chi connectivity index (χ0n) is 16.2. The molecule has 1 N–H and O–H groups in total. The van der Waals surface area contributed by atoms with Crippen LogP contribution in [0, 0.1) is 5.92 Å². The number of rotatable bonds is 4. The minimum atomic E-state index is -0.171. The molecule has 1 aromatic carbocycles. The van der Waals surface area contributed by atoms with Gasteiger partial charge in [-0.2, -0.15) is 0 Å². The highest BCUT2D eigenvalue weighted by molar-refractivity contribution is 5.90. The number of nitrogens with zero attached hydrogens (tertiary/aromatic N) is 2. The van der Waals surface area contributed by atoms with Crippen molar-refractivity contribution in [3.05, 3.63) is 18.2 Å². The molecular formula is C20H29N3O4. The van der Waals surface area contributed by atoms with E-state index in [4.69, 9.17) is 9.47 Å². The number of piperazine rings is 1. The van der Waals surface area contributed by atoms with Gasteiger partial charge in [0.2, 0.25) is 5.91 Å². The summed E-state index contributed by atoms with van der Waals surface area (Å²) in [5.41, 5.74) is 0.622. The highest BCUT2D eigenvalue weighted by atomic mass is 16.5. The second kappa shape index (κ2) is 8.97. The minimum Gasteiger partial charge on any atom is -0.497 e. The Bertz CT molecular complexity index is 643. The molecule has 2 aliphatic rings. The summed E-state index contributed by atoms with van der Waals surface area (Å²) in [7, 11) is 3.14. The van der Waals surface area contributed by atoms with Gasteiger partial charge in [-0.1, -0.05) is 19.3 Å². The summed E-state index contributed by atoms with van der Waals surface area (Å²) in [5, 5.41) is 2.89. The van der Waals surface area contributed by atoms with Crippen molar-refractivity contribution in [1.29, 1.82) is 0 Å². The summed E-state index contributed by atoms with van der Waals surface area (Å²) in [6, 6.07) is 5.09. The van der Waals surface area contributed by atoms with E-state index in [-0.39, 0.29) is 17.9 Å². The summed E-state index contributed by atoms with van der Waals surface area (Å²) >= 11 is 0. The van der Waals surface area contributed by atoms with Crippen molar-refractivity contribution in [2.45, 2.75) is 32.1 Å². The number of hydrogen-bond acceptors (Lipinski definition) is 4. The van der Waals surface area contributed by atoms with Crippen LogP contribution in [0.1, 0.15) is 32.1 Å². The van der Waals surface area contributed by atoms with Crippen molar-refractivity contribution in [3.8, 4) is 11.5 Å². The Morgan fingerprint density at radius 2 is 1.44 bits per heavy atom. The van der Waals surface area contributed by atoms with Crippen LogP contribution in [0.5, 0.6) is 11.5 Å². The first-order valence-corrected chi connectivity index (χ1v) is 9.68. The van der Waals surface area contributed by atoms with E-state index in [9.17, 15) is 9.59 Å². The normalized spacial score (nSPS) is 18.1. The van der Waals surface area contributed by atoms with Crippen molar-refractivity contribution < 1.29 is 19.1 Å². The van der Waals surface area contributed by atoms with Crippen LogP contribution in [0.4, 0.5) is 10.5 Å². The van der Waals surface area contributed by atoms with Crippen molar-refractivity contribution in [3.63, 3.8) is 0 Å². The predicted octanol–water partition coefficient (Wildman–Crippen LogP) is 2.96. The zero-order chi connectivity index (χ0) is 19.2. The van der Waals surface area contributed by atoms with Gasteiger partial charge >= 0.3 is 6.03 Å². The number of carbonyl (C=O) groups excluding carboxylic acids is 2. The molecule has 0 bridgehead atoms. The molecule has 27 heavy (non-hydrogen) atoms. The van der Waals surface area contributed by atoms with Crippen LogP contribution < -0.4 is 14.8 Å². The molecule has 1 saturated heterocycles. The van der Waals surface area contributed by atoms with Crippen molar-refractivity contribution in [2.24, 2.45) is 5.92 Å². The van der Waals surface area contributed by atoms with E-state index in [2.05, 4.69) is 5.32 Å². The van der Waals surface area contributed by atoms with Gasteiger partial charge in [0.05, 0.1) is 14.2 Å². The number of benzene rings is 1. The topological polar surface area (TPSA) is 71.1 Å². The van der Waals surface area contributed by atoms with Gasteiger partial charge in [0.15, 0.2) is 0 Å². The fraction of sp³-hybridized carbons (Fsp3) is 0.600. The first-order valence-electron chi connectivity index (χ1n) is 9.68. The average Bonchev–Trinajstić information content (AvgIpc) is 2.73. The Morgan fingerprint density at radius 1 is 0.889 bits per heavy atom. The second-order valence-corrected chi connectivity index (χ2v) is 7.18. The maximum absolute atomic E-state index is 12.6. The van der Waals surface area contributed by atoms with Gasteiger partial charge in [-0.15, -0.1) is 0 Å². The van der Waals surface area contributed by atoms with Gasteiger partial charge in [0.1, 0.15) is 11.5 Å². The van der Waals surface area contributed by atoms with Crippen LogP contribution >= 0.6 is 0 Å². The van der Waals surface area contributed by atoms with Gasteiger partial charge < -0.3 is 24.6 Å². The summed E-state index contributed by atoms with van der Waals surface area (Å²) in [5.74, 6) is 1.69. The van der Waals surface area contributed by atoms with Crippen LogP contribution in [-0.2, 0) is 4.79 Å². The highest BCUT2D eigenvalue weighted by Crippen LogP contribution is 2.27. The van der Waals surface area contributed by atoms with Gasteiger partial charge in [0.25, 0.3) is 0 Å². The number of carbonyl (C=O) groups is 2. The second-order valence-electron chi connectivity index (χ2n) is 7.18. The number of hydrogen-bond donors (Lipinski definition) is 1. The lowest BCUT2D eigenvalue weighted by atomic mass is 9.88. The summed E-state index contributed by atoms with van der Waals surface area (Å²) in [6.45, 7) is 2.30. The highest BCUT2D eigenvalue weighted by Gasteiger charge is 2.29. The molecule has 3 amide bonds. The van der Waals surface area contributed by atoms with Gasteiger partial charge in [-0.25, -0.2) is 4.79 Å². The van der Waals surface area contributed by atoms with Crippen LogP contribution in [0.25, 0.3) is 0 Å². The lowest BCUT2D eigenvalue weighted by Gasteiger charge is -2.37. The van der Waals surface area contributed by atoms with E-state index in [1.165, 1.54) is 6.42 Å². The van der Waals surface area contributed by atoms with E-state index in [0.717, 1.165) is 25.7 Å². The van der Waals surface area contributed by atoms with E-state index in [1.54, 1.807) is 37.3 Å². The smallest absolute Gasteiger partial charge is 0.321 e. The number of anilines is 1. The average molecular weight is 375 g/mol. The molecule has 1 aliphatic carbocycles. The zero-order valence-corrected chi connectivity index (χ0v) is 16.2. The lowest BCUT2D eigenvalue weighted by Crippen LogP contribution is -2.53. The fourth-order valence-electron chi connectivity index (χ4n) is 3.82. The molecule has 0 radical (unpaired) electrons. The maximum atomic E-state index is 12.6. The molecule has 2 fully saturated rings. The van der Waals surface area contributed by atoms with Crippen LogP contribution in [-0.4, -0.2) is 62.1 Å². The SMILES string of the molecule is COc1cc(NC(=O)N2CCN(C(=O)C3CCCCC3)CC2)cc(OC)c1. The molecule has 7 heteroatoms. The molecule has 1 saturated carbocycles. The molecule has 0 unspecified atom stereocenters. The van der Waals surface area contributed by atoms with Crippen molar-refractivity contribution >= 4 is 17.6 Å². The molecule has 0 atom stereocenters. The Morgan fingerprint density at radius 3 is 2.00 bits per heavy atom. The number of amides is 3. The standard InChI is InChI=1S/C20H29N3O4/c1-26-17-12-16(13-18(14-17)27-2)21-20(25)23-10-8-22(9-11-23)19(24)15-6-4-3-5-7-15/h12-15H,3-11H2,1-2H3,(H,21,25). The summed E-state index contributed by atoms with van der Waals surface area (Å²) < 4.78 is 10.5. The van der Waals surface area contributed by atoms with Crippen molar-refractivity contribution in [1.82, 2.24) is 9.80 Å². The van der Waals surface area contributed by atoms with Crippen molar-refractivity contribution in [2.75, 3.05) is 45.7 Å². The molecule has 0 aromatic heterocycles. The number of methoxy groups -OCH3 is 2. The summed E-state index contributed by atoms with van der Waals surface area (Å²) in [4.78, 5) is 28.9. The van der Waals surface area contributed by atoms with E-state index in [0.29, 0.717) is 43.4 Å². The minimum absolute atomic E-state index is 0.171. The monoisotopic (exact) mass is 375 g/mol. The van der Waals surface area contributed by atoms with Crippen LogP contribution in [0.3, 0.4) is 0 Å². The van der Waals surface area contributed by atoms with Crippen LogP contribution in [0.2, 0.25) is 0 Å². The van der Waals surface area contributed by atoms with Gasteiger partial charge in [0, 0.05) is 56.0 Å². The largest absolute Gasteiger partial charge is 0.497 e. The number of urea groups is 1. The first kappa shape index (κ1) is 19.3. The third-order valence-electron chi connectivity index (χ3n) is 5.44. The summed E-state index contributed by atoms with van der Waals surface area (Å²) in [6.07, 6.45) is 5.58. The van der Waals surface area contributed by atoms with E-state index in [1.807, 2.05) is 4.90 Å². The van der Waals surface area contributed by atoms with E-state index >= 15 is 0 Å². The quantitative estimate of drug-likeness (QED) is 0.878. The van der Waals surface area contributed by atoms with Crippen LogP contribution in [0.15, 0.2) is 18.2 Å². The Kier molecular flexibility index (Phi) is 6.42. The number of nitrogens with one attached hydrogen (secondary N) is 1. The molecule has 0 spiro atoms. The predicted molar refractivity (Wildman–Crippen MR) is 103 cm³/mol. The third-order valence-corrected chi connectivity index (χ3v) is 5.44. The Balaban J connectivity index is 1.53. The van der Waals surface area contributed by atoms with Gasteiger partial charge in [-0.3, -0.25) is 4.79 Å². The molecule has 3 rings (SSSR count). The maximum Gasteiger partial charge on any atom is 0.321 e. The van der Waals surface area contributed by atoms with E-state index < -0.39 is 0 Å².